The van der Waals surface area contributed by atoms with Crippen LogP contribution in [0.4, 0.5) is 0 Å². The van der Waals surface area contributed by atoms with Crippen LogP contribution in [0.5, 0.6) is 0 Å². The number of hydrogen-bond acceptors (Lipinski definition) is 0. The van der Waals surface area contributed by atoms with Crippen molar-refractivity contribution >= 4 is 0 Å². The van der Waals surface area contributed by atoms with Crippen molar-refractivity contribution in [2.75, 3.05) is 0 Å². The number of allylic oxidation sites excluding steroid dienone is 1. The fourth-order valence-corrected chi connectivity index (χ4v) is 1.92. The van der Waals surface area contributed by atoms with Crippen LogP contribution in [0.3, 0.4) is 0 Å². The van der Waals surface area contributed by atoms with E-state index in [4.69, 9.17) is 0 Å². The third-order valence-electron chi connectivity index (χ3n) is 3.00. The summed E-state index contributed by atoms with van der Waals surface area (Å²) in [5.74, 6) is 1.03. The molecule has 0 radical (unpaired) electrons. The molecule has 1 aliphatic rings. The van der Waals surface area contributed by atoms with E-state index in [-0.39, 0.29) is 0 Å². The Hall–Kier alpha value is -1.04. The zero-order valence-corrected chi connectivity index (χ0v) is 8.71. The maximum atomic E-state index is 3.80. The topological polar surface area (TPSA) is 0 Å². The van der Waals surface area contributed by atoms with E-state index in [2.05, 4.69) is 30.8 Å². The van der Waals surface area contributed by atoms with Gasteiger partial charge in [0.05, 0.1) is 0 Å². The first-order chi connectivity index (χ1) is 6.90. The monoisotopic (exact) mass is 186 g/mol. The van der Waals surface area contributed by atoms with Crippen LogP contribution >= 0.6 is 0 Å². The van der Waals surface area contributed by atoms with E-state index < -0.39 is 0 Å². The van der Waals surface area contributed by atoms with E-state index in [1.54, 1.807) is 0 Å². The predicted molar refractivity (Wildman–Crippen MR) is 61.4 cm³/mol. The normalized spacial score (nSPS) is 15.4. The lowest BCUT2D eigenvalue weighted by atomic mass is 9.99. The van der Waals surface area contributed by atoms with Crippen molar-refractivity contribution in [2.45, 2.75) is 32.1 Å². The highest BCUT2D eigenvalue weighted by molar-refractivity contribution is 5.28. The van der Waals surface area contributed by atoms with E-state index in [0.29, 0.717) is 0 Å². The van der Waals surface area contributed by atoms with Gasteiger partial charge in [-0.2, -0.15) is 0 Å². The highest BCUT2D eigenvalue weighted by Gasteiger charge is 2.20. The van der Waals surface area contributed by atoms with E-state index in [1.807, 2.05) is 6.08 Å². The Labute approximate surface area is 86.7 Å². The Balaban J connectivity index is 2.01. The summed E-state index contributed by atoms with van der Waals surface area (Å²) in [6, 6.07) is 8.76. The van der Waals surface area contributed by atoms with Crippen LogP contribution < -0.4 is 0 Å². The molecular weight excluding hydrogens is 168 g/mol. The molecule has 14 heavy (non-hydrogen) atoms. The fourth-order valence-electron chi connectivity index (χ4n) is 1.92. The average molecular weight is 186 g/mol. The van der Waals surface area contributed by atoms with Crippen LogP contribution in [-0.2, 0) is 12.8 Å². The van der Waals surface area contributed by atoms with Crippen LogP contribution in [0.25, 0.3) is 0 Å². The van der Waals surface area contributed by atoms with E-state index >= 15 is 0 Å². The molecule has 0 spiro atoms. The van der Waals surface area contributed by atoms with E-state index in [1.165, 1.54) is 36.8 Å². The molecule has 1 saturated carbocycles. The van der Waals surface area contributed by atoms with Crippen molar-refractivity contribution in [3.63, 3.8) is 0 Å². The standard InChI is InChI=1S/C14H18/c1-2-5-13-6-3-4-7-14(13)11-10-12-8-9-12/h2-4,6-7,12H,1,5,8-11H2. The van der Waals surface area contributed by atoms with Gasteiger partial charge < -0.3 is 0 Å². The molecule has 0 heterocycles. The zero-order valence-electron chi connectivity index (χ0n) is 8.71. The first-order valence-electron chi connectivity index (χ1n) is 5.58. The molecule has 0 unspecified atom stereocenters. The van der Waals surface area contributed by atoms with Crippen LogP contribution in [0.15, 0.2) is 36.9 Å². The molecule has 74 valence electrons. The van der Waals surface area contributed by atoms with Crippen LogP contribution in [0.2, 0.25) is 0 Å². The van der Waals surface area contributed by atoms with Gasteiger partial charge in [0.25, 0.3) is 0 Å². The molecule has 1 aromatic carbocycles. The molecule has 0 heteroatoms. The zero-order chi connectivity index (χ0) is 9.80. The number of rotatable bonds is 5. The van der Waals surface area contributed by atoms with E-state index in [9.17, 15) is 0 Å². The highest BCUT2D eigenvalue weighted by atomic mass is 14.3. The maximum Gasteiger partial charge on any atom is -0.00974 e. The second kappa shape index (κ2) is 4.45. The van der Waals surface area contributed by atoms with Gasteiger partial charge in [0.1, 0.15) is 0 Å². The summed E-state index contributed by atoms with van der Waals surface area (Å²) in [4.78, 5) is 0. The lowest BCUT2D eigenvalue weighted by molar-refractivity contribution is 0.723. The molecule has 0 bridgehead atoms. The second-order valence-electron chi connectivity index (χ2n) is 4.24. The molecule has 1 aromatic rings. The molecule has 1 fully saturated rings. The molecule has 2 rings (SSSR count). The minimum atomic E-state index is 1.01. The van der Waals surface area contributed by atoms with Gasteiger partial charge in [0.15, 0.2) is 0 Å². The van der Waals surface area contributed by atoms with Gasteiger partial charge in [-0.1, -0.05) is 43.2 Å². The summed E-state index contributed by atoms with van der Waals surface area (Å²) < 4.78 is 0. The second-order valence-corrected chi connectivity index (χ2v) is 4.24. The molecule has 0 nitrogen and oxygen atoms in total. The summed E-state index contributed by atoms with van der Waals surface area (Å²) >= 11 is 0. The predicted octanol–water partition coefficient (Wildman–Crippen LogP) is 3.76. The first kappa shape index (κ1) is 9.51. The first-order valence-corrected chi connectivity index (χ1v) is 5.58. The Morgan fingerprint density at radius 2 is 1.93 bits per heavy atom. The Bertz CT molecular complexity index is 308. The van der Waals surface area contributed by atoms with Gasteiger partial charge in [-0.05, 0) is 36.3 Å². The van der Waals surface area contributed by atoms with Gasteiger partial charge in [-0.15, -0.1) is 6.58 Å². The van der Waals surface area contributed by atoms with Gasteiger partial charge >= 0.3 is 0 Å². The number of benzene rings is 1. The summed E-state index contributed by atoms with van der Waals surface area (Å²) in [7, 11) is 0. The third-order valence-corrected chi connectivity index (χ3v) is 3.00. The summed E-state index contributed by atoms with van der Waals surface area (Å²) in [6.07, 6.45) is 8.58. The summed E-state index contributed by atoms with van der Waals surface area (Å²) in [6.45, 7) is 3.80. The van der Waals surface area contributed by atoms with Crippen molar-refractivity contribution in [3.8, 4) is 0 Å². The Morgan fingerprint density at radius 1 is 1.21 bits per heavy atom. The number of hydrogen-bond donors (Lipinski definition) is 0. The van der Waals surface area contributed by atoms with Crippen molar-refractivity contribution in [3.05, 3.63) is 48.0 Å². The van der Waals surface area contributed by atoms with Crippen LogP contribution in [0.1, 0.15) is 30.4 Å². The van der Waals surface area contributed by atoms with E-state index in [0.717, 1.165) is 12.3 Å². The molecule has 0 amide bonds. The molecule has 0 atom stereocenters. The van der Waals surface area contributed by atoms with Gasteiger partial charge in [-0.3, -0.25) is 0 Å². The summed E-state index contributed by atoms with van der Waals surface area (Å²) in [5.41, 5.74) is 2.99. The lowest BCUT2D eigenvalue weighted by Gasteiger charge is -2.06. The van der Waals surface area contributed by atoms with Gasteiger partial charge in [0, 0.05) is 0 Å². The molecule has 1 aliphatic carbocycles. The minimum absolute atomic E-state index is 1.01. The molecule has 0 saturated heterocycles. The van der Waals surface area contributed by atoms with Crippen molar-refractivity contribution < 1.29 is 0 Å². The Morgan fingerprint density at radius 3 is 2.57 bits per heavy atom. The van der Waals surface area contributed by atoms with Crippen LogP contribution in [-0.4, -0.2) is 0 Å². The molecule has 0 aliphatic heterocycles. The maximum absolute atomic E-state index is 3.80. The van der Waals surface area contributed by atoms with Crippen molar-refractivity contribution in [2.24, 2.45) is 5.92 Å². The van der Waals surface area contributed by atoms with Crippen LogP contribution in [0, 0.1) is 5.92 Å². The highest BCUT2D eigenvalue weighted by Crippen LogP contribution is 2.33. The molecule has 0 aromatic heterocycles. The summed E-state index contributed by atoms with van der Waals surface area (Å²) in [5, 5.41) is 0. The fraction of sp³-hybridized carbons (Fsp3) is 0.429. The molecular formula is C14H18. The third kappa shape index (κ3) is 2.47. The average Bonchev–Trinajstić information content (AvgIpc) is 3.01. The van der Waals surface area contributed by atoms with Gasteiger partial charge in [-0.25, -0.2) is 0 Å². The smallest absolute Gasteiger partial charge is 0.00974 e. The Kier molecular flexibility index (Phi) is 3.03. The van der Waals surface area contributed by atoms with Crippen molar-refractivity contribution in [1.29, 1.82) is 0 Å². The minimum Gasteiger partial charge on any atom is -0.103 e. The lowest BCUT2D eigenvalue weighted by Crippen LogP contribution is -1.93. The van der Waals surface area contributed by atoms with Crippen molar-refractivity contribution in [1.82, 2.24) is 0 Å². The SMILES string of the molecule is C=CCc1ccccc1CCC1CC1. The van der Waals surface area contributed by atoms with Gasteiger partial charge in [0.2, 0.25) is 0 Å². The largest absolute Gasteiger partial charge is 0.103 e. The number of aryl methyl sites for hydroxylation is 1. The quantitative estimate of drug-likeness (QED) is 0.614. The molecule has 0 N–H and O–H groups in total.